The van der Waals surface area contributed by atoms with Gasteiger partial charge in [0.2, 0.25) is 0 Å². The zero-order valence-electron chi connectivity index (χ0n) is 23.8. The number of nitrogens with zero attached hydrogens (tertiary/aromatic N) is 3. The summed E-state index contributed by atoms with van der Waals surface area (Å²) in [6.07, 6.45) is 2.34. The van der Waals surface area contributed by atoms with Gasteiger partial charge in [-0.05, 0) is 63.8 Å². The van der Waals surface area contributed by atoms with E-state index in [1.54, 1.807) is 53.9 Å². The fraction of sp³-hybridized carbons (Fsp3) is 0.500. The Balaban J connectivity index is 1.22. The summed E-state index contributed by atoms with van der Waals surface area (Å²) in [4.78, 5) is 29.2. The van der Waals surface area contributed by atoms with Crippen LogP contribution in [0, 0.1) is 0 Å². The van der Waals surface area contributed by atoms with Crippen LogP contribution in [0.25, 0.3) is 5.52 Å². The molecule has 1 aromatic carbocycles. The van der Waals surface area contributed by atoms with Gasteiger partial charge in [-0.3, -0.25) is 9.32 Å². The number of nitrogen functional groups attached to an aromatic ring is 1. The Bertz CT molecular complexity index is 1530. The monoisotopic (exact) mass is 615 g/mol. The minimum atomic E-state index is -4.23. The lowest BCUT2D eigenvalue weighted by molar-refractivity contribution is -0.152. The number of nitrogens with one attached hydrogen (secondary N) is 1. The third-order valence-corrected chi connectivity index (χ3v) is 9.51. The lowest BCUT2D eigenvalue weighted by Gasteiger charge is -2.30. The molecule has 0 bridgehead atoms. The number of carbonyl (C=O) groups excluding carboxylic acids is 2. The molecule has 3 aromatic rings. The molecule has 4 heterocycles. The molecule has 2 saturated heterocycles. The molecule has 6 rings (SSSR count). The Hall–Kier alpha value is -3.71. The van der Waals surface area contributed by atoms with Crippen LogP contribution in [0.4, 0.5) is 10.6 Å². The van der Waals surface area contributed by atoms with E-state index >= 15 is 0 Å². The van der Waals surface area contributed by atoms with E-state index in [0.29, 0.717) is 11.2 Å². The van der Waals surface area contributed by atoms with Gasteiger partial charge in [0.15, 0.2) is 18.0 Å². The molecule has 1 aliphatic carbocycles. The van der Waals surface area contributed by atoms with Gasteiger partial charge in [0.25, 0.3) is 0 Å². The van der Waals surface area contributed by atoms with E-state index < -0.39 is 49.8 Å². The average molecular weight is 616 g/mol. The summed E-state index contributed by atoms with van der Waals surface area (Å²) >= 11 is 0. The van der Waals surface area contributed by atoms with Crippen LogP contribution >= 0.6 is 7.75 Å². The van der Waals surface area contributed by atoms with Crippen LogP contribution in [0.1, 0.15) is 57.7 Å². The Morgan fingerprint density at radius 2 is 1.95 bits per heavy atom. The summed E-state index contributed by atoms with van der Waals surface area (Å²) in [6, 6.07) is 10.9. The maximum Gasteiger partial charge on any atom is 0.509 e. The van der Waals surface area contributed by atoms with Gasteiger partial charge in [0, 0.05) is 0 Å². The van der Waals surface area contributed by atoms with Crippen LogP contribution in [0.3, 0.4) is 0 Å². The van der Waals surface area contributed by atoms with Gasteiger partial charge in [0.1, 0.15) is 41.4 Å². The van der Waals surface area contributed by atoms with Crippen molar-refractivity contribution in [2.45, 2.75) is 82.0 Å². The number of aromatic nitrogens is 3. The second-order valence-corrected chi connectivity index (χ2v) is 12.8. The third kappa shape index (κ3) is 6.05. The molecule has 0 amide bonds. The van der Waals surface area contributed by atoms with E-state index in [1.807, 2.05) is 0 Å². The molecule has 2 aliphatic heterocycles. The Labute approximate surface area is 247 Å². The van der Waals surface area contributed by atoms with Crippen molar-refractivity contribution in [3.63, 3.8) is 0 Å². The SMILES string of the molecule is C[C@H](N[P@](=O)(OC[C@@]1(C)O[C@@H](c2ccc3c(N)ncnn23)[C@@H]2OC(=O)O[C@@H]21)Oc1ccccc1)C(=O)OC1CCCCC1. The highest BCUT2D eigenvalue weighted by Crippen LogP contribution is 2.51. The quantitative estimate of drug-likeness (QED) is 0.247. The second kappa shape index (κ2) is 11.8. The minimum absolute atomic E-state index is 0.177. The van der Waals surface area contributed by atoms with Gasteiger partial charge >= 0.3 is 19.9 Å². The summed E-state index contributed by atoms with van der Waals surface area (Å²) in [5.74, 6) is -0.0370. The molecule has 1 saturated carbocycles. The number of carbonyl (C=O) groups is 2. The Kier molecular flexibility index (Phi) is 8.03. The topological polar surface area (TPSA) is 175 Å². The van der Waals surface area contributed by atoms with Crippen molar-refractivity contribution in [2.75, 3.05) is 12.3 Å². The predicted octanol–water partition coefficient (Wildman–Crippen LogP) is 4.10. The van der Waals surface area contributed by atoms with Crippen molar-refractivity contribution in [1.82, 2.24) is 19.7 Å². The van der Waals surface area contributed by atoms with Crippen LogP contribution in [0.15, 0.2) is 48.8 Å². The minimum Gasteiger partial charge on any atom is -0.461 e. The second-order valence-electron chi connectivity index (χ2n) is 11.1. The van der Waals surface area contributed by atoms with E-state index in [4.69, 9.17) is 33.7 Å². The number of hydrogen-bond donors (Lipinski definition) is 2. The maximum absolute atomic E-state index is 14.2. The summed E-state index contributed by atoms with van der Waals surface area (Å²) < 4.78 is 50.5. The molecule has 0 radical (unpaired) electrons. The van der Waals surface area contributed by atoms with Crippen LogP contribution in [0.5, 0.6) is 5.75 Å². The lowest BCUT2D eigenvalue weighted by atomic mass is 9.97. The first kappa shape index (κ1) is 29.4. The molecule has 3 aliphatic rings. The highest BCUT2D eigenvalue weighted by atomic mass is 31.2. The van der Waals surface area contributed by atoms with Gasteiger partial charge in [0.05, 0.1) is 12.3 Å². The Morgan fingerprint density at radius 1 is 1.19 bits per heavy atom. The van der Waals surface area contributed by atoms with Crippen LogP contribution in [-0.4, -0.2) is 63.3 Å². The highest BCUT2D eigenvalue weighted by Gasteiger charge is 2.62. The summed E-state index contributed by atoms with van der Waals surface area (Å²) in [7, 11) is -4.23. The third-order valence-electron chi connectivity index (χ3n) is 7.88. The number of esters is 1. The van der Waals surface area contributed by atoms with Gasteiger partial charge in [-0.25, -0.2) is 18.9 Å². The zero-order chi connectivity index (χ0) is 30.2. The van der Waals surface area contributed by atoms with Crippen molar-refractivity contribution >= 4 is 31.2 Å². The van der Waals surface area contributed by atoms with Crippen molar-refractivity contribution in [3.05, 3.63) is 54.5 Å². The molecule has 3 N–H and O–H groups in total. The first-order chi connectivity index (χ1) is 20.6. The normalized spacial score (nSPS) is 27.6. The first-order valence-corrected chi connectivity index (χ1v) is 15.8. The van der Waals surface area contributed by atoms with Crippen LogP contribution in [-0.2, 0) is 32.8 Å². The Morgan fingerprint density at radius 3 is 2.72 bits per heavy atom. The fourth-order valence-corrected chi connectivity index (χ4v) is 7.27. The smallest absolute Gasteiger partial charge is 0.461 e. The summed E-state index contributed by atoms with van der Waals surface area (Å²) in [5.41, 5.74) is 5.75. The molecule has 3 fully saturated rings. The summed E-state index contributed by atoms with van der Waals surface area (Å²) in [5, 5.41) is 6.98. The molecule has 14 nitrogen and oxygen atoms in total. The van der Waals surface area contributed by atoms with Crippen LogP contribution in [0.2, 0.25) is 0 Å². The fourth-order valence-electron chi connectivity index (χ4n) is 5.68. The number of rotatable bonds is 10. The number of fused-ring (bicyclic) bond motifs is 2. The van der Waals surface area contributed by atoms with Crippen molar-refractivity contribution in [3.8, 4) is 5.75 Å². The molecule has 0 unspecified atom stereocenters. The van der Waals surface area contributed by atoms with E-state index in [-0.39, 0.29) is 24.3 Å². The highest BCUT2D eigenvalue weighted by molar-refractivity contribution is 7.52. The van der Waals surface area contributed by atoms with Crippen LogP contribution < -0.4 is 15.3 Å². The molecule has 15 heteroatoms. The van der Waals surface area contributed by atoms with E-state index in [2.05, 4.69) is 15.2 Å². The zero-order valence-corrected chi connectivity index (χ0v) is 24.7. The largest absolute Gasteiger partial charge is 0.509 e. The van der Waals surface area contributed by atoms with Crippen molar-refractivity contribution in [1.29, 1.82) is 0 Å². The van der Waals surface area contributed by atoms with Gasteiger partial charge in [-0.2, -0.15) is 10.2 Å². The molecular formula is C28H34N5O9P. The standard InChI is InChI=1S/C28H34N5O9P/c1-17(26(34)38-18-9-5-3-6-10-18)32-43(36,42-19-11-7-4-8-12-19)37-15-28(2)24-23(39-27(35)40-24)22(41-28)20-13-14-21-25(29)30-16-31-33(20)21/h4,7-8,11-14,16-18,22-24H,3,5-6,9-10,15H2,1-2H3,(H,32,36)(H2,29,30,31)/t17-,22-,23-,24-,28+,43-/m0/s1. The number of nitrogens with two attached hydrogens (primary N) is 1. The maximum atomic E-state index is 14.2. The van der Waals surface area contributed by atoms with Gasteiger partial charge in [-0.15, -0.1) is 0 Å². The number of benzene rings is 1. The number of para-hydroxylation sites is 1. The number of ether oxygens (including phenoxy) is 4. The van der Waals surface area contributed by atoms with E-state index in [9.17, 15) is 14.2 Å². The molecule has 230 valence electrons. The van der Waals surface area contributed by atoms with Crippen molar-refractivity contribution in [2.24, 2.45) is 0 Å². The van der Waals surface area contributed by atoms with E-state index in [0.717, 1.165) is 32.1 Å². The molecular weight excluding hydrogens is 581 g/mol. The summed E-state index contributed by atoms with van der Waals surface area (Å²) in [6.45, 7) is 2.83. The lowest BCUT2D eigenvalue weighted by Crippen LogP contribution is -2.44. The molecule has 2 aromatic heterocycles. The van der Waals surface area contributed by atoms with Crippen molar-refractivity contribution < 1.29 is 42.1 Å². The first-order valence-electron chi connectivity index (χ1n) is 14.2. The molecule has 0 spiro atoms. The number of anilines is 1. The van der Waals surface area contributed by atoms with Gasteiger partial charge in [-0.1, -0.05) is 24.6 Å². The molecule has 43 heavy (non-hydrogen) atoms. The number of hydrogen-bond acceptors (Lipinski definition) is 12. The van der Waals surface area contributed by atoms with E-state index in [1.165, 1.54) is 13.3 Å². The van der Waals surface area contributed by atoms with Gasteiger partial charge < -0.3 is 29.2 Å². The predicted molar refractivity (Wildman–Crippen MR) is 151 cm³/mol. The average Bonchev–Trinajstić information content (AvgIpc) is 3.67. The molecule has 6 atom stereocenters.